The number of rotatable bonds is 41. The summed E-state index contributed by atoms with van der Waals surface area (Å²) < 4.78 is 109. The van der Waals surface area contributed by atoms with Gasteiger partial charge < -0.3 is 63.1 Å². The van der Waals surface area contributed by atoms with Gasteiger partial charge in [0.1, 0.15) is 11.8 Å². The summed E-state index contributed by atoms with van der Waals surface area (Å²) in [5.41, 5.74) is 6.27. The fraction of sp³-hybridized carbons (Fsp3) is 0.667. The molecular weight excluding hydrogens is 981 g/mol. The molecule has 1 unspecified atom stereocenters. The zero-order chi connectivity index (χ0) is 51.9. The Morgan fingerprint density at radius 1 is 0.722 bits per heavy atom. The topological polar surface area (TPSA) is 218 Å². The number of hydroxylamine groups is 2. The summed E-state index contributed by atoms with van der Waals surface area (Å²) in [5.74, 6) is -10.0. The molecule has 0 bridgehead atoms. The Balaban J connectivity index is 0.845. The normalized spacial score (nSPS) is 14.2. The molecule has 3 heterocycles. The third-order valence-corrected chi connectivity index (χ3v) is 11.7. The van der Waals surface area contributed by atoms with Crippen LogP contribution in [-0.2, 0) is 73.0 Å². The van der Waals surface area contributed by atoms with E-state index in [0.717, 1.165) is 28.3 Å². The van der Waals surface area contributed by atoms with E-state index in [4.69, 9.17) is 57.9 Å². The number of carboxylic acids is 1. The van der Waals surface area contributed by atoms with Gasteiger partial charge in [-0.15, -0.1) is 11.3 Å². The van der Waals surface area contributed by atoms with E-state index in [9.17, 15) is 37.1 Å². The van der Waals surface area contributed by atoms with E-state index < -0.39 is 47.3 Å². The fourth-order valence-electron chi connectivity index (χ4n) is 7.08. The second-order valence-corrected chi connectivity index (χ2v) is 17.4. The van der Waals surface area contributed by atoms with Gasteiger partial charge >= 0.3 is 5.97 Å². The largest absolute Gasteiger partial charge is 0.481 e. The lowest BCUT2D eigenvalue weighted by atomic mass is 9.95. The molecule has 406 valence electrons. The molecule has 24 heteroatoms. The number of fused-ring (bicyclic) bond motifs is 1. The third-order valence-electron chi connectivity index (χ3n) is 10.6. The van der Waals surface area contributed by atoms with Crippen LogP contribution in [0.15, 0.2) is 22.7 Å². The van der Waals surface area contributed by atoms with Crippen LogP contribution in [0, 0.1) is 29.2 Å². The molecule has 19 nitrogen and oxygen atoms in total. The third kappa shape index (κ3) is 22.1. The van der Waals surface area contributed by atoms with Crippen LogP contribution in [0.5, 0.6) is 0 Å². The van der Waals surface area contributed by atoms with E-state index in [1.54, 1.807) is 11.3 Å². The number of likely N-dealkylation sites (tertiary alicyclic amines) is 1. The van der Waals surface area contributed by atoms with Crippen LogP contribution in [0.2, 0.25) is 0 Å². The van der Waals surface area contributed by atoms with Crippen molar-refractivity contribution >= 4 is 46.7 Å². The number of benzene rings is 1. The Hall–Kier alpha value is -4.18. The van der Waals surface area contributed by atoms with Crippen molar-refractivity contribution < 1.29 is 89.3 Å². The SMILES string of the molecule is CCCN(OCC)C(=O)C1=Cc2sc(CC3CN(C(=O)CCOCCOCCOCCOCCOCCOCCOCCOCCOCCOCC(C(=O)O)c4c(F)c(F)cc(F)c4F)C3)cc2N=C(N)C1. The number of hydrogen-bond acceptors (Lipinski definition) is 17. The number of nitrogens with zero attached hydrogens (tertiary/aromatic N) is 3. The lowest BCUT2D eigenvalue weighted by Gasteiger charge is -2.39. The summed E-state index contributed by atoms with van der Waals surface area (Å²) >= 11 is 1.60. The van der Waals surface area contributed by atoms with Gasteiger partial charge in [-0.3, -0.25) is 19.2 Å². The van der Waals surface area contributed by atoms with Crippen LogP contribution < -0.4 is 5.73 Å². The first-order chi connectivity index (χ1) is 34.9. The number of carbonyl (C=O) groups is 3. The van der Waals surface area contributed by atoms with Crippen LogP contribution in [0.25, 0.3) is 6.08 Å². The minimum atomic E-state index is -1.95. The van der Waals surface area contributed by atoms with Gasteiger partial charge in [0.15, 0.2) is 23.3 Å². The molecular formula is C48H70F4N4O15S. The number of aliphatic imine (C=N–C) groups is 1. The van der Waals surface area contributed by atoms with Crippen molar-refractivity contribution in [3.8, 4) is 0 Å². The van der Waals surface area contributed by atoms with Gasteiger partial charge in [-0.05, 0) is 37.8 Å². The molecule has 2 amide bonds. The minimum absolute atomic E-state index is 0.00364. The minimum Gasteiger partial charge on any atom is -0.481 e. The molecule has 0 spiro atoms. The zero-order valence-corrected chi connectivity index (χ0v) is 42.0. The molecule has 1 saturated heterocycles. The van der Waals surface area contributed by atoms with Gasteiger partial charge in [-0.1, -0.05) is 6.92 Å². The number of hydrogen-bond donors (Lipinski definition) is 2. The first kappa shape index (κ1) is 60.4. The number of amides is 2. The second kappa shape index (κ2) is 35.1. The summed E-state index contributed by atoms with van der Waals surface area (Å²) in [4.78, 5) is 51.3. The number of halogens is 4. The number of carbonyl (C=O) groups excluding carboxylic acids is 2. The number of ether oxygens (including phenoxy) is 10. The van der Waals surface area contributed by atoms with Crippen LogP contribution in [-0.4, -0.2) is 197 Å². The Morgan fingerprint density at radius 3 is 1.62 bits per heavy atom. The van der Waals surface area contributed by atoms with Crippen molar-refractivity contribution in [2.45, 2.75) is 45.4 Å². The van der Waals surface area contributed by atoms with Gasteiger partial charge in [-0.2, -0.15) is 0 Å². The molecule has 2 aliphatic heterocycles. The van der Waals surface area contributed by atoms with Gasteiger partial charge in [-0.25, -0.2) is 27.6 Å². The molecule has 0 radical (unpaired) electrons. The highest BCUT2D eigenvalue weighted by molar-refractivity contribution is 7.13. The molecule has 2 aromatic rings. The van der Waals surface area contributed by atoms with Crippen molar-refractivity contribution in [3.63, 3.8) is 0 Å². The standard InChI is InChI=1S/C48H70F4N4O15S/c1-3-6-56(71-4-2)47(58)35-27-41-40(54-42(53)28-35)29-36(72-41)26-34-31-55(32-34)43(57)5-7-61-8-9-62-10-11-63-12-13-64-14-15-65-16-17-66-18-19-67-20-21-68-22-23-69-24-25-70-33-37(48(59)60)44-45(51)38(49)30-39(50)46(44)52/h27,29-30,34,37H,3-26,28,31-33H2,1-2H3,(H2,53,54)(H,59,60). The van der Waals surface area contributed by atoms with Crippen molar-refractivity contribution in [1.82, 2.24) is 9.96 Å². The number of aliphatic carboxylic acids is 1. The Kier molecular flexibility index (Phi) is 29.4. The Labute approximate surface area is 421 Å². The predicted octanol–water partition coefficient (Wildman–Crippen LogP) is 4.70. The summed E-state index contributed by atoms with van der Waals surface area (Å²) in [6.07, 6.45) is 4.05. The molecule has 0 saturated carbocycles. The maximum atomic E-state index is 14.0. The lowest BCUT2D eigenvalue weighted by molar-refractivity contribution is -0.180. The Morgan fingerprint density at radius 2 is 1.18 bits per heavy atom. The second-order valence-electron chi connectivity index (χ2n) is 16.2. The van der Waals surface area contributed by atoms with E-state index >= 15 is 0 Å². The molecule has 2 aliphatic rings. The van der Waals surface area contributed by atoms with E-state index in [0.29, 0.717) is 149 Å². The maximum absolute atomic E-state index is 14.0. The van der Waals surface area contributed by atoms with Crippen molar-refractivity contribution in [2.24, 2.45) is 16.6 Å². The van der Waals surface area contributed by atoms with Crippen molar-refractivity contribution in [1.29, 1.82) is 0 Å². The van der Waals surface area contributed by atoms with Gasteiger partial charge in [0.2, 0.25) is 5.91 Å². The zero-order valence-electron chi connectivity index (χ0n) is 41.2. The average Bonchev–Trinajstić information content (AvgIpc) is 3.63. The molecule has 1 aromatic carbocycles. The lowest BCUT2D eigenvalue weighted by Crippen LogP contribution is -2.50. The van der Waals surface area contributed by atoms with Crippen molar-refractivity contribution in [2.75, 3.05) is 158 Å². The molecule has 1 atom stereocenters. The van der Waals surface area contributed by atoms with E-state index in [-0.39, 0.29) is 50.7 Å². The smallest absolute Gasteiger partial charge is 0.313 e. The summed E-state index contributed by atoms with van der Waals surface area (Å²) in [7, 11) is 0. The molecule has 72 heavy (non-hydrogen) atoms. The molecule has 1 fully saturated rings. The number of thiophene rings is 1. The molecule has 4 rings (SSSR count). The quantitative estimate of drug-likeness (QED) is 0.0400. The molecule has 1 aromatic heterocycles. The van der Waals surface area contributed by atoms with Gasteiger partial charge in [0.25, 0.3) is 5.91 Å². The van der Waals surface area contributed by atoms with E-state index in [1.165, 1.54) is 5.06 Å². The molecule has 0 aliphatic carbocycles. The fourth-order valence-corrected chi connectivity index (χ4v) is 8.26. The molecule has 3 N–H and O–H groups in total. The van der Waals surface area contributed by atoms with Crippen LogP contribution in [0.4, 0.5) is 23.2 Å². The summed E-state index contributed by atoms with van der Waals surface area (Å²) in [5, 5.41) is 10.7. The van der Waals surface area contributed by atoms with Gasteiger partial charge in [0, 0.05) is 48.1 Å². The Bertz CT molecular complexity index is 1960. The highest BCUT2D eigenvalue weighted by atomic mass is 32.1. The first-order valence-electron chi connectivity index (χ1n) is 24.1. The van der Waals surface area contributed by atoms with Crippen LogP contribution in [0.3, 0.4) is 0 Å². The maximum Gasteiger partial charge on any atom is 0.313 e. The van der Waals surface area contributed by atoms with E-state index in [1.807, 2.05) is 30.9 Å². The summed E-state index contributed by atoms with van der Waals surface area (Å²) in [6.45, 7) is 11.5. The highest BCUT2D eigenvalue weighted by Gasteiger charge is 2.33. The van der Waals surface area contributed by atoms with E-state index in [2.05, 4.69) is 4.99 Å². The van der Waals surface area contributed by atoms with Crippen LogP contribution >= 0.6 is 11.3 Å². The number of nitrogens with two attached hydrogens (primary N) is 1. The number of carboxylic acid groups (broad SMARTS) is 1. The van der Waals surface area contributed by atoms with Gasteiger partial charge in [0.05, 0.1) is 156 Å². The monoisotopic (exact) mass is 1050 g/mol. The average molecular weight is 1050 g/mol. The summed E-state index contributed by atoms with van der Waals surface area (Å²) in [6, 6.07) is 2.03. The first-order valence-corrected chi connectivity index (χ1v) is 25.0. The highest BCUT2D eigenvalue weighted by Crippen LogP contribution is 2.37. The predicted molar refractivity (Wildman–Crippen MR) is 255 cm³/mol. The number of amidine groups is 1. The van der Waals surface area contributed by atoms with Crippen LogP contribution in [0.1, 0.15) is 54.3 Å². The van der Waals surface area contributed by atoms with Crippen molar-refractivity contribution in [3.05, 3.63) is 56.3 Å².